The van der Waals surface area contributed by atoms with Crippen LogP contribution in [0.15, 0.2) is 36.4 Å². The SMILES string of the molecule is O=C(O)c1ccc2cc3c(nc2c1)C=CCC=C3. The number of aromatic nitrogens is 1. The normalized spacial score (nSPS) is 13.3. The first-order valence-corrected chi connectivity index (χ1v) is 5.75. The van der Waals surface area contributed by atoms with Crippen LogP contribution >= 0.6 is 0 Å². The van der Waals surface area contributed by atoms with Crippen molar-refractivity contribution in [1.82, 2.24) is 4.98 Å². The van der Waals surface area contributed by atoms with Crippen molar-refractivity contribution in [2.24, 2.45) is 0 Å². The van der Waals surface area contributed by atoms with Gasteiger partial charge in [-0.2, -0.15) is 0 Å². The average molecular weight is 237 g/mol. The molecule has 0 amide bonds. The number of pyridine rings is 1. The number of benzene rings is 1. The molecule has 3 rings (SSSR count). The zero-order chi connectivity index (χ0) is 12.5. The Hall–Kier alpha value is -2.42. The highest BCUT2D eigenvalue weighted by Crippen LogP contribution is 2.22. The van der Waals surface area contributed by atoms with E-state index < -0.39 is 5.97 Å². The maximum absolute atomic E-state index is 10.9. The number of hydrogen-bond acceptors (Lipinski definition) is 2. The molecule has 1 N–H and O–H groups in total. The van der Waals surface area contributed by atoms with Gasteiger partial charge in [0.25, 0.3) is 0 Å². The number of allylic oxidation sites excluding steroid dienone is 2. The summed E-state index contributed by atoms with van der Waals surface area (Å²) in [7, 11) is 0. The summed E-state index contributed by atoms with van der Waals surface area (Å²) in [5.41, 5.74) is 2.94. The van der Waals surface area contributed by atoms with Crippen LogP contribution in [0.4, 0.5) is 0 Å². The van der Waals surface area contributed by atoms with Crippen LogP contribution < -0.4 is 0 Å². The quantitative estimate of drug-likeness (QED) is 0.827. The molecule has 0 saturated carbocycles. The van der Waals surface area contributed by atoms with Gasteiger partial charge in [-0.05, 0) is 30.7 Å². The molecule has 0 unspecified atom stereocenters. The Kier molecular flexibility index (Phi) is 2.45. The highest BCUT2D eigenvalue weighted by molar-refractivity contribution is 5.94. The van der Waals surface area contributed by atoms with Crippen molar-refractivity contribution in [3.05, 3.63) is 53.2 Å². The second kappa shape index (κ2) is 4.11. The van der Waals surface area contributed by atoms with E-state index in [2.05, 4.69) is 11.1 Å². The molecule has 0 radical (unpaired) electrons. The Morgan fingerprint density at radius 2 is 2.00 bits per heavy atom. The van der Waals surface area contributed by atoms with Gasteiger partial charge in [-0.3, -0.25) is 0 Å². The minimum absolute atomic E-state index is 0.267. The van der Waals surface area contributed by atoms with Gasteiger partial charge in [0.1, 0.15) is 0 Å². The molecule has 18 heavy (non-hydrogen) atoms. The van der Waals surface area contributed by atoms with E-state index in [1.165, 1.54) is 0 Å². The molecule has 88 valence electrons. The number of fused-ring (bicyclic) bond motifs is 2. The smallest absolute Gasteiger partial charge is 0.335 e. The molecule has 0 atom stereocenters. The molecule has 3 nitrogen and oxygen atoms in total. The molecule has 0 spiro atoms. The Morgan fingerprint density at radius 1 is 1.17 bits per heavy atom. The Morgan fingerprint density at radius 3 is 2.83 bits per heavy atom. The van der Waals surface area contributed by atoms with Crippen LogP contribution in [-0.4, -0.2) is 16.1 Å². The van der Waals surface area contributed by atoms with Crippen molar-refractivity contribution in [1.29, 1.82) is 0 Å². The third-order valence-electron chi connectivity index (χ3n) is 2.97. The lowest BCUT2D eigenvalue weighted by molar-refractivity contribution is 0.0697. The summed E-state index contributed by atoms with van der Waals surface area (Å²) in [6, 6.07) is 7.05. The lowest BCUT2D eigenvalue weighted by Gasteiger charge is -2.04. The molecule has 1 heterocycles. The number of carboxylic acids is 1. The Bertz CT molecular complexity index is 699. The van der Waals surface area contributed by atoms with E-state index in [9.17, 15) is 4.79 Å². The predicted molar refractivity (Wildman–Crippen MR) is 71.4 cm³/mol. The van der Waals surface area contributed by atoms with Crippen LogP contribution in [0.3, 0.4) is 0 Å². The second-order valence-corrected chi connectivity index (χ2v) is 4.22. The molecule has 1 aromatic heterocycles. The van der Waals surface area contributed by atoms with E-state index in [0.717, 1.165) is 23.1 Å². The van der Waals surface area contributed by atoms with Gasteiger partial charge >= 0.3 is 5.97 Å². The fraction of sp³-hybridized carbons (Fsp3) is 0.0667. The van der Waals surface area contributed by atoms with E-state index >= 15 is 0 Å². The summed E-state index contributed by atoms with van der Waals surface area (Å²) >= 11 is 0. The topological polar surface area (TPSA) is 50.2 Å². The molecule has 0 fully saturated rings. The van der Waals surface area contributed by atoms with Crippen LogP contribution in [0, 0.1) is 0 Å². The lowest BCUT2D eigenvalue weighted by atomic mass is 10.1. The van der Waals surface area contributed by atoms with Gasteiger partial charge < -0.3 is 5.11 Å². The number of hydrogen-bond donors (Lipinski definition) is 1. The first kappa shape index (κ1) is 10.7. The monoisotopic (exact) mass is 237 g/mol. The van der Waals surface area contributed by atoms with Gasteiger partial charge in [-0.15, -0.1) is 0 Å². The lowest BCUT2D eigenvalue weighted by Crippen LogP contribution is -1.97. The van der Waals surface area contributed by atoms with Gasteiger partial charge in [0, 0.05) is 10.9 Å². The van der Waals surface area contributed by atoms with E-state index in [-0.39, 0.29) is 5.56 Å². The molecule has 0 bridgehead atoms. The van der Waals surface area contributed by atoms with Gasteiger partial charge in [0.2, 0.25) is 0 Å². The fourth-order valence-corrected chi connectivity index (χ4v) is 2.05. The van der Waals surface area contributed by atoms with Crippen LogP contribution in [0.5, 0.6) is 0 Å². The highest BCUT2D eigenvalue weighted by Gasteiger charge is 2.07. The maximum Gasteiger partial charge on any atom is 0.335 e. The summed E-state index contributed by atoms with van der Waals surface area (Å²) in [6.07, 6.45) is 9.05. The summed E-state index contributed by atoms with van der Waals surface area (Å²) in [5.74, 6) is -0.927. The Labute approximate surface area is 104 Å². The first-order valence-electron chi connectivity index (χ1n) is 5.75. The molecule has 1 aromatic carbocycles. The van der Waals surface area contributed by atoms with Gasteiger partial charge in [-0.25, -0.2) is 9.78 Å². The van der Waals surface area contributed by atoms with Crippen LogP contribution in [0.25, 0.3) is 23.1 Å². The molecular weight excluding hydrogens is 226 g/mol. The molecule has 0 saturated heterocycles. The average Bonchev–Trinajstić information content (AvgIpc) is 2.59. The number of carbonyl (C=O) groups is 1. The van der Waals surface area contributed by atoms with Crippen molar-refractivity contribution in [3.8, 4) is 0 Å². The van der Waals surface area contributed by atoms with Crippen LogP contribution in [0.2, 0.25) is 0 Å². The standard InChI is InChI=1S/C15H11NO2/c17-15(18)12-7-6-11-8-10-4-2-1-3-5-13(10)16-14(11)9-12/h2-9H,1H2,(H,17,18). The maximum atomic E-state index is 10.9. The molecule has 0 aliphatic heterocycles. The van der Waals surface area contributed by atoms with Crippen LogP contribution in [0.1, 0.15) is 28.0 Å². The number of nitrogens with zero attached hydrogens (tertiary/aromatic N) is 1. The third-order valence-corrected chi connectivity index (χ3v) is 2.97. The number of carboxylic acid groups (broad SMARTS) is 1. The summed E-state index contributed by atoms with van der Waals surface area (Å²) in [6.45, 7) is 0. The van der Waals surface area contributed by atoms with Gasteiger partial charge in [-0.1, -0.05) is 24.3 Å². The van der Waals surface area contributed by atoms with E-state index in [1.807, 2.05) is 24.3 Å². The minimum Gasteiger partial charge on any atom is -0.478 e. The Balaban J connectivity index is 2.26. The van der Waals surface area contributed by atoms with Crippen molar-refractivity contribution in [2.45, 2.75) is 6.42 Å². The van der Waals surface area contributed by atoms with E-state index in [0.29, 0.717) is 5.52 Å². The number of rotatable bonds is 1. The van der Waals surface area contributed by atoms with Crippen molar-refractivity contribution >= 4 is 29.0 Å². The van der Waals surface area contributed by atoms with Gasteiger partial charge in [0.05, 0.1) is 16.8 Å². The molecule has 1 aliphatic rings. The van der Waals surface area contributed by atoms with E-state index in [4.69, 9.17) is 5.11 Å². The predicted octanol–water partition coefficient (Wildman–Crippen LogP) is 3.36. The third kappa shape index (κ3) is 1.80. The second-order valence-electron chi connectivity index (χ2n) is 4.22. The van der Waals surface area contributed by atoms with Crippen LogP contribution in [-0.2, 0) is 0 Å². The first-order chi connectivity index (χ1) is 8.74. The summed E-state index contributed by atoms with van der Waals surface area (Å²) in [4.78, 5) is 15.5. The van der Waals surface area contributed by atoms with E-state index in [1.54, 1.807) is 18.2 Å². The van der Waals surface area contributed by atoms with Crippen molar-refractivity contribution in [3.63, 3.8) is 0 Å². The zero-order valence-electron chi connectivity index (χ0n) is 9.63. The fourth-order valence-electron chi connectivity index (χ4n) is 2.05. The molecule has 1 aliphatic carbocycles. The molecule has 2 aromatic rings. The molecular formula is C15H11NO2. The highest BCUT2D eigenvalue weighted by atomic mass is 16.4. The molecule has 3 heteroatoms. The number of aromatic carboxylic acids is 1. The summed E-state index contributed by atoms with van der Waals surface area (Å²) in [5, 5.41) is 9.93. The summed E-state index contributed by atoms with van der Waals surface area (Å²) < 4.78 is 0. The van der Waals surface area contributed by atoms with Gasteiger partial charge in [0.15, 0.2) is 0 Å². The zero-order valence-corrected chi connectivity index (χ0v) is 9.63. The minimum atomic E-state index is -0.927. The van der Waals surface area contributed by atoms with Crippen molar-refractivity contribution in [2.75, 3.05) is 0 Å². The largest absolute Gasteiger partial charge is 0.478 e. The van der Waals surface area contributed by atoms with Crippen molar-refractivity contribution < 1.29 is 9.90 Å².